The molecule has 1 unspecified atom stereocenters. The van der Waals surface area contributed by atoms with Gasteiger partial charge in [-0.05, 0) is 18.6 Å². The van der Waals surface area contributed by atoms with Crippen molar-refractivity contribution in [3.8, 4) is 0 Å². The van der Waals surface area contributed by atoms with Gasteiger partial charge in [0.25, 0.3) is 10.0 Å². The smallest absolute Gasteiger partial charge is 0.252 e. The minimum atomic E-state index is -3.34. The Kier molecular flexibility index (Phi) is 4.82. The van der Waals surface area contributed by atoms with Gasteiger partial charge in [-0.1, -0.05) is 22.9 Å². The molecule has 1 aliphatic heterocycles. The van der Waals surface area contributed by atoms with E-state index in [1.54, 1.807) is 6.07 Å². The molecular formula is C11H16BrNO3S2. The quantitative estimate of drug-likeness (QED) is 0.778. The number of sulfonamides is 1. The Morgan fingerprint density at radius 1 is 1.56 bits per heavy atom. The van der Waals surface area contributed by atoms with Crippen LogP contribution in [0.1, 0.15) is 11.8 Å². The number of thiophene rings is 1. The fourth-order valence-electron chi connectivity index (χ4n) is 1.82. The van der Waals surface area contributed by atoms with E-state index in [9.17, 15) is 8.42 Å². The van der Waals surface area contributed by atoms with Gasteiger partial charge in [-0.2, -0.15) is 4.31 Å². The Labute approximate surface area is 120 Å². The van der Waals surface area contributed by atoms with Crippen molar-refractivity contribution in [3.63, 3.8) is 0 Å². The molecule has 2 rings (SSSR count). The van der Waals surface area contributed by atoms with E-state index in [1.807, 2.05) is 13.0 Å². The molecule has 0 saturated carbocycles. The van der Waals surface area contributed by atoms with Crippen LogP contribution in [-0.4, -0.2) is 43.9 Å². The van der Waals surface area contributed by atoms with Crippen molar-refractivity contribution in [2.24, 2.45) is 0 Å². The van der Waals surface area contributed by atoms with Crippen LogP contribution in [0.15, 0.2) is 16.3 Å². The number of hydrogen-bond acceptors (Lipinski definition) is 4. The van der Waals surface area contributed by atoms with Crippen molar-refractivity contribution in [2.75, 3.05) is 25.0 Å². The fourth-order valence-corrected chi connectivity index (χ4v) is 5.12. The van der Waals surface area contributed by atoms with E-state index in [-0.39, 0.29) is 6.10 Å². The fraction of sp³-hybridized carbons (Fsp3) is 0.636. The third-order valence-electron chi connectivity index (χ3n) is 2.85. The molecule has 1 aromatic heterocycles. The zero-order valence-corrected chi connectivity index (χ0v) is 13.4. The van der Waals surface area contributed by atoms with Gasteiger partial charge in [0.2, 0.25) is 0 Å². The molecule has 0 radical (unpaired) electrons. The maximum absolute atomic E-state index is 12.4. The molecule has 1 fully saturated rings. The largest absolute Gasteiger partial charge is 0.375 e. The summed E-state index contributed by atoms with van der Waals surface area (Å²) in [5.41, 5.74) is 0. The van der Waals surface area contributed by atoms with E-state index >= 15 is 0 Å². The summed E-state index contributed by atoms with van der Waals surface area (Å²) in [6.07, 6.45) is 0.812. The molecule has 0 amide bonds. The second-order valence-electron chi connectivity index (χ2n) is 4.08. The summed E-state index contributed by atoms with van der Waals surface area (Å²) < 4.78 is 32.3. The Morgan fingerprint density at radius 2 is 2.33 bits per heavy atom. The number of nitrogens with zero attached hydrogens (tertiary/aromatic N) is 1. The number of alkyl halides is 1. The summed E-state index contributed by atoms with van der Waals surface area (Å²) in [6, 6.07) is 3.59. The van der Waals surface area contributed by atoms with Crippen LogP contribution in [0.3, 0.4) is 0 Å². The van der Waals surface area contributed by atoms with Gasteiger partial charge in [0.15, 0.2) is 0 Å². The molecule has 0 aromatic carbocycles. The van der Waals surface area contributed by atoms with Crippen LogP contribution < -0.4 is 0 Å². The van der Waals surface area contributed by atoms with Gasteiger partial charge in [0, 0.05) is 23.3 Å². The van der Waals surface area contributed by atoms with E-state index < -0.39 is 10.0 Å². The molecule has 0 N–H and O–H groups in total. The van der Waals surface area contributed by atoms with Gasteiger partial charge < -0.3 is 4.74 Å². The van der Waals surface area contributed by atoms with Gasteiger partial charge in [-0.15, -0.1) is 11.3 Å². The lowest BCUT2D eigenvalue weighted by molar-refractivity contribution is 0.0137. The van der Waals surface area contributed by atoms with Crippen molar-refractivity contribution >= 4 is 37.3 Å². The predicted molar refractivity (Wildman–Crippen MR) is 76.0 cm³/mol. The summed E-state index contributed by atoms with van der Waals surface area (Å²) in [5, 5.41) is 0.656. The lowest BCUT2D eigenvalue weighted by atomic mass is 10.3. The lowest BCUT2D eigenvalue weighted by Gasteiger charge is -2.30. The molecule has 0 spiro atoms. The highest BCUT2D eigenvalue weighted by molar-refractivity contribution is 9.09. The zero-order valence-electron chi connectivity index (χ0n) is 10.1. The standard InChI is InChI=1S/C11H16BrNO3S2/c1-2-10-3-4-11(17-10)18(14,15)13-5-6-16-9(7-12)8-13/h3-4,9H,2,5-8H2,1H3. The highest BCUT2D eigenvalue weighted by Gasteiger charge is 2.31. The molecule has 1 atom stereocenters. The second kappa shape index (κ2) is 6.00. The molecular weight excluding hydrogens is 338 g/mol. The van der Waals surface area contributed by atoms with Gasteiger partial charge in [0.1, 0.15) is 4.21 Å². The molecule has 0 aliphatic carbocycles. The van der Waals surface area contributed by atoms with Crippen molar-refractivity contribution < 1.29 is 13.2 Å². The normalized spacial score (nSPS) is 22.2. The van der Waals surface area contributed by atoms with Crippen molar-refractivity contribution in [2.45, 2.75) is 23.7 Å². The van der Waals surface area contributed by atoms with Crippen LogP contribution >= 0.6 is 27.3 Å². The average Bonchev–Trinajstić information content (AvgIpc) is 2.88. The summed E-state index contributed by atoms with van der Waals surface area (Å²) >= 11 is 4.69. The van der Waals surface area contributed by atoms with Crippen LogP contribution in [0.25, 0.3) is 0 Å². The van der Waals surface area contributed by atoms with Crippen LogP contribution in [0, 0.1) is 0 Å². The van der Waals surface area contributed by atoms with Crippen LogP contribution in [0.4, 0.5) is 0 Å². The Hall–Kier alpha value is 0.0500. The summed E-state index contributed by atoms with van der Waals surface area (Å²) in [6.45, 7) is 3.34. The Balaban J connectivity index is 2.19. The van der Waals surface area contributed by atoms with Crippen LogP contribution in [0.5, 0.6) is 0 Å². The number of ether oxygens (including phenoxy) is 1. The Bertz CT molecular complexity index is 500. The SMILES string of the molecule is CCc1ccc(S(=O)(=O)N2CCOC(CBr)C2)s1. The van der Waals surface area contributed by atoms with Crippen molar-refractivity contribution in [1.82, 2.24) is 4.31 Å². The zero-order chi connectivity index (χ0) is 13.2. The average molecular weight is 354 g/mol. The molecule has 1 aromatic rings. The van der Waals surface area contributed by atoms with E-state index in [4.69, 9.17) is 4.74 Å². The number of rotatable bonds is 4. The van der Waals surface area contributed by atoms with Gasteiger partial charge in [0.05, 0.1) is 12.7 Å². The molecule has 7 heteroatoms. The minimum Gasteiger partial charge on any atom is -0.375 e. The summed E-state index contributed by atoms with van der Waals surface area (Å²) in [4.78, 5) is 1.10. The monoisotopic (exact) mass is 353 g/mol. The highest BCUT2D eigenvalue weighted by atomic mass is 79.9. The van der Waals surface area contributed by atoms with E-state index in [0.29, 0.717) is 29.2 Å². The number of hydrogen-bond donors (Lipinski definition) is 0. The van der Waals surface area contributed by atoms with Crippen molar-refractivity contribution in [3.05, 3.63) is 17.0 Å². The van der Waals surface area contributed by atoms with Gasteiger partial charge in [-0.3, -0.25) is 0 Å². The highest BCUT2D eigenvalue weighted by Crippen LogP contribution is 2.26. The Morgan fingerprint density at radius 3 is 2.94 bits per heavy atom. The first-order valence-corrected chi connectivity index (χ1v) is 9.22. The number of halogens is 1. The first-order chi connectivity index (χ1) is 8.57. The summed E-state index contributed by atoms with van der Waals surface area (Å²) in [7, 11) is -3.34. The molecule has 18 heavy (non-hydrogen) atoms. The maximum atomic E-state index is 12.4. The molecule has 1 saturated heterocycles. The number of aryl methyl sites for hydroxylation is 1. The van der Waals surface area contributed by atoms with Gasteiger partial charge >= 0.3 is 0 Å². The predicted octanol–water partition coefficient (Wildman–Crippen LogP) is 2.09. The lowest BCUT2D eigenvalue weighted by Crippen LogP contribution is -2.45. The molecule has 0 bridgehead atoms. The molecule has 4 nitrogen and oxygen atoms in total. The third-order valence-corrected chi connectivity index (χ3v) is 7.14. The topological polar surface area (TPSA) is 46.6 Å². The second-order valence-corrected chi connectivity index (χ2v) is 8.07. The van der Waals surface area contributed by atoms with Crippen LogP contribution in [-0.2, 0) is 21.2 Å². The third kappa shape index (κ3) is 2.96. The van der Waals surface area contributed by atoms with Crippen molar-refractivity contribution in [1.29, 1.82) is 0 Å². The molecule has 1 aliphatic rings. The summed E-state index contributed by atoms with van der Waals surface area (Å²) in [5.74, 6) is 0. The van der Waals surface area contributed by atoms with Gasteiger partial charge in [-0.25, -0.2) is 8.42 Å². The first-order valence-electron chi connectivity index (χ1n) is 5.84. The maximum Gasteiger partial charge on any atom is 0.252 e. The van der Waals surface area contributed by atoms with Crippen LogP contribution in [0.2, 0.25) is 0 Å². The van der Waals surface area contributed by atoms with E-state index in [0.717, 1.165) is 11.3 Å². The molecule has 2 heterocycles. The first kappa shape index (κ1) is 14.5. The number of morpholine rings is 1. The minimum absolute atomic E-state index is 0.0564. The van der Waals surface area contributed by atoms with E-state index in [1.165, 1.54) is 15.6 Å². The molecule has 102 valence electrons. The van der Waals surface area contributed by atoms with E-state index in [2.05, 4.69) is 15.9 Å².